The van der Waals surface area contributed by atoms with E-state index in [4.69, 9.17) is 5.73 Å². The normalized spacial score (nSPS) is 46.0. The van der Waals surface area contributed by atoms with E-state index >= 15 is 0 Å². The molecule has 2 N–H and O–H groups in total. The molecule has 4 fully saturated rings. The van der Waals surface area contributed by atoms with Gasteiger partial charge in [-0.2, -0.15) is 0 Å². The van der Waals surface area contributed by atoms with Crippen molar-refractivity contribution in [2.24, 2.45) is 34.9 Å². The molecule has 4 bridgehead atoms. The lowest BCUT2D eigenvalue weighted by atomic mass is 9.39. The lowest BCUT2D eigenvalue weighted by Crippen LogP contribution is -2.61. The summed E-state index contributed by atoms with van der Waals surface area (Å²) < 4.78 is 2.13. The van der Waals surface area contributed by atoms with E-state index in [-0.39, 0.29) is 6.04 Å². The van der Waals surface area contributed by atoms with Crippen LogP contribution >= 0.6 is 0 Å². The second kappa shape index (κ2) is 4.13. The molecule has 5 rings (SSSR count). The van der Waals surface area contributed by atoms with Crippen LogP contribution in [0.15, 0.2) is 12.4 Å². The molecule has 4 saturated carbocycles. The fourth-order valence-corrected chi connectivity index (χ4v) is 6.96. The molecular formula is C18H29N3. The molecule has 116 valence electrons. The molecule has 21 heavy (non-hydrogen) atoms. The second-order valence-corrected chi connectivity index (χ2v) is 9.26. The van der Waals surface area contributed by atoms with E-state index in [1.165, 1.54) is 38.5 Å². The van der Waals surface area contributed by atoms with E-state index in [1.54, 1.807) is 0 Å². The number of nitrogens with two attached hydrogens (primary N) is 1. The second-order valence-electron chi connectivity index (χ2n) is 9.26. The van der Waals surface area contributed by atoms with Crippen molar-refractivity contribution in [3.05, 3.63) is 18.2 Å². The van der Waals surface area contributed by atoms with Gasteiger partial charge in [-0.05, 0) is 60.7 Å². The van der Waals surface area contributed by atoms with E-state index in [1.807, 2.05) is 12.4 Å². The average molecular weight is 287 g/mol. The van der Waals surface area contributed by atoms with Crippen molar-refractivity contribution >= 4 is 0 Å². The van der Waals surface area contributed by atoms with Gasteiger partial charge in [0.2, 0.25) is 0 Å². The Bertz CT molecular complexity index is 543. The first-order chi connectivity index (χ1) is 9.82. The van der Waals surface area contributed by atoms with Crippen molar-refractivity contribution in [1.82, 2.24) is 9.55 Å². The Balaban J connectivity index is 1.63. The summed E-state index contributed by atoms with van der Waals surface area (Å²) in [7, 11) is 2.08. The topological polar surface area (TPSA) is 43.8 Å². The molecule has 1 aromatic heterocycles. The summed E-state index contributed by atoms with van der Waals surface area (Å²) >= 11 is 0. The Morgan fingerprint density at radius 2 is 1.90 bits per heavy atom. The maximum Gasteiger partial charge on any atom is 0.109 e. The Morgan fingerprint density at radius 1 is 1.24 bits per heavy atom. The lowest BCUT2D eigenvalue weighted by molar-refractivity contribution is -0.153. The fraction of sp³-hybridized carbons (Fsp3) is 0.833. The van der Waals surface area contributed by atoms with Crippen molar-refractivity contribution in [2.45, 2.75) is 64.8 Å². The van der Waals surface area contributed by atoms with E-state index in [0.29, 0.717) is 16.2 Å². The van der Waals surface area contributed by atoms with Crippen molar-refractivity contribution in [3.8, 4) is 0 Å². The van der Waals surface area contributed by atoms with Gasteiger partial charge in [0.25, 0.3) is 0 Å². The molecule has 3 nitrogen and oxygen atoms in total. The molecule has 3 unspecified atom stereocenters. The molecule has 0 spiro atoms. The van der Waals surface area contributed by atoms with Crippen LogP contribution in [0.2, 0.25) is 0 Å². The summed E-state index contributed by atoms with van der Waals surface area (Å²) in [6, 6.07) is 0.264. The molecule has 4 aliphatic rings. The first-order valence-electron chi connectivity index (χ1n) is 8.53. The molecule has 0 aliphatic heterocycles. The van der Waals surface area contributed by atoms with Gasteiger partial charge in [-0.1, -0.05) is 13.8 Å². The number of nitrogens with zero attached hydrogens (tertiary/aromatic N) is 2. The zero-order valence-electron chi connectivity index (χ0n) is 13.7. The summed E-state index contributed by atoms with van der Waals surface area (Å²) in [5.41, 5.74) is 8.27. The van der Waals surface area contributed by atoms with Crippen molar-refractivity contribution in [3.63, 3.8) is 0 Å². The number of aryl methyl sites for hydroxylation is 1. The highest BCUT2D eigenvalue weighted by atomic mass is 15.0. The maximum atomic E-state index is 6.80. The smallest absolute Gasteiger partial charge is 0.109 e. The van der Waals surface area contributed by atoms with Gasteiger partial charge in [0, 0.05) is 31.9 Å². The Hall–Kier alpha value is -0.830. The molecule has 0 radical (unpaired) electrons. The number of hydrogen-bond acceptors (Lipinski definition) is 2. The highest BCUT2D eigenvalue weighted by molar-refractivity contribution is 5.14. The predicted molar refractivity (Wildman–Crippen MR) is 84.7 cm³/mol. The summed E-state index contributed by atoms with van der Waals surface area (Å²) in [5, 5.41) is 0. The fourth-order valence-electron chi connectivity index (χ4n) is 6.96. The van der Waals surface area contributed by atoms with Gasteiger partial charge in [0.15, 0.2) is 0 Å². The van der Waals surface area contributed by atoms with Crippen LogP contribution in [-0.4, -0.2) is 15.6 Å². The Morgan fingerprint density at radius 3 is 2.43 bits per heavy atom. The standard InChI is InChI=1S/C18H29N3/c1-16-7-13-8-17(2,10-16)12-18(9-13,11-16)14(19)6-15-20-4-5-21(15)3/h4-5,13-14H,6-12,19H2,1-3H3. The zero-order valence-corrected chi connectivity index (χ0v) is 13.7. The van der Waals surface area contributed by atoms with Crippen LogP contribution in [0.5, 0.6) is 0 Å². The van der Waals surface area contributed by atoms with Crippen molar-refractivity contribution in [2.75, 3.05) is 0 Å². The highest BCUT2D eigenvalue weighted by Crippen LogP contribution is 2.70. The molecule has 1 aromatic rings. The van der Waals surface area contributed by atoms with E-state index in [2.05, 4.69) is 30.4 Å². The molecule has 0 saturated heterocycles. The van der Waals surface area contributed by atoms with Crippen LogP contribution in [0.4, 0.5) is 0 Å². The van der Waals surface area contributed by atoms with Crippen LogP contribution in [0, 0.1) is 22.2 Å². The average Bonchev–Trinajstić information content (AvgIpc) is 2.70. The number of rotatable bonds is 3. The van der Waals surface area contributed by atoms with Crippen LogP contribution < -0.4 is 5.73 Å². The zero-order chi connectivity index (χ0) is 14.9. The molecular weight excluding hydrogens is 258 g/mol. The number of aromatic nitrogens is 2. The summed E-state index contributed by atoms with van der Waals surface area (Å²) in [6.45, 7) is 5.05. The molecule has 4 aliphatic carbocycles. The first-order valence-corrected chi connectivity index (χ1v) is 8.53. The SMILES string of the molecule is Cn1ccnc1CC(N)C12CC3CC(C)(CC(C)(C3)C1)C2. The van der Waals surface area contributed by atoms with Gasteiger partial charge in [0.05, 0.1) is 0 Å². The largest absolute Gasteiger partial charge is 0.338 e. The third-order valence-corrected chi connectivity index (χ3v) is 6.78. The monoisotopic (exact) mass is 287 g/mol. The van der Waals surface area contributed by atoms with Gasteiger partial charge in [-0.15, -0.1) is 0 Å². The van der Waals surface area contributed by atoms with Crippen LogP contribution in [0.1, 0.15) is 58.2 Å². The van der Waals surface area contributed by atoms with Crippen molar-refractivity contribution in [1.29, 1.82) is 0 Å². The van der Waals surface area contributed by atoms with Gasteiger partial charge in [-0.25, -0.2) is 4.98 Å². The van der Waals surface area contributed by atoms with Crippen LogP contribution in [0.25, 0.3) is 0 Å². The molecule has 3 heteroatoms. The van der Waals surface area contributed by atoms with Crippen LogP contribution in [0.3, 0.4) is 0 Å². The minimum absolute atomic E-state index is 0.264. The van der Waals surface area contributed by atoms with Crippen molar-refractivity contribution < 1.29 is 0 Å². The lowest BCUT2D eigenvalue weighted by Gasteiger charge is -2.67. The van der Waals surface area contributed by atoms with Gasteiger partial charge < -0.3 is 10.3 Å². The predicted octanol–water partition coefficient (Wildman–Crippen LogP) is 3.29. The summed E-state index contributed by atoms with van der Waals surface area (Å²) in [5.74, 6) is 2.07. The van der Waals surface area contributed by atoms with E-state index in [0.717, 1.165) is 18.2 Å². The first kappa shape index (κ1) is 13.8. The maximum absolute atomic E-state index is 6.80. The Kier molecular flexibility index (Phi) is 2.71. The molecule has 0 amide bonds. The molecule has 0 aromatic carbocycles. The minimum atomic E-state index is 0.264. The minimum Gasteiger partial charge on any atom is -0.338 e. The van der Waals surface area contributed by atoms with Gasteiger partial charge >= 0.3 is 0 Å². The third kappa shape index (κ3) is 2.08. The molecule has 3 atom stereocenters. The van der Waals surface area contributed by atoms with E-state index in [9.17, 15) is 0 Å². The van der Waals surface area contributed by atoms with Gasteiger partial charge in [0.1, 0.15) is 5.82 Å². The van der Waals surface area contributed by atoms with Gasteiger partial charge in [-0.3, -0.25) is 0 Å². The highest BCUT2D eigenvalue weighted by Gasteiger charge is 2.61. The number of hydrogen-bond donors (Lipinski definition) is 1. The summed E-state index contributed by atoms with van der Waals surface area (Å²) in [4.78, 5) is 4.50. The van der Waals surface area contributed by atoms with E-state index < -0.39 is 0 Å². The Labute approximate surface area is 128 Å². The summed E-state index contributed by atoms with van der Waals surface area (Å²) in [6.07, 6.45) is 13.2. The third-order valence-electron chi connectivity index (χ3n) is 6.78. The molecule has 1 heterocycles. The number of imidazole rings is 1. The van der Waals surface area contributed by atoms with Crippen LogP contribution in [-0.2, 0) is 13.5 Å². The quantitative estimate of drug-likeness (QED) is 0.927.